The molecule has 1 aromatic carbocycles. The third-order valence-electron chi connectivity index (χ3n) is 4.08. The molecule has 5 nitrogen and oxygen atoms in total. The first-order valence-electron chi connectivity index (χ1n) is 8.30. The van der Waals surface area contributed by atoms with Crippen LogP contribution in [0.2, 0.25) is 5.02 Å². The van der Waals surface area contributed by atoms with Crippen LogP contribution >= 0.6 is 11.6 Å². The largest absolute Gasteiger partial charge is 0.353 e. The Morgan fingerprint density at radius 3 is 2.67 bits per heavy atom. The molecule has 1 saturated heterocycles. The average Bonchev–Trinajstić information content (AvgIpc) is 2.57. The van der Waals surface area contributed by atoms with Gasteiger partial charge in [0.1, 0.15) is 5.82 Å². The van der Waals surface area contributed by atoms with E-state index in [0.29, 0.717) is 25.2 Å². The molecule has 0 aliphatic carbocycles. The summed E-state index contributed by atoms with van der Waals surface area (Å²) in [5.74, 6) is -0.435. The van der Waals surface area contributed by atoms with E-state index < -0.39 is 5.82 Å². The summed E-state index contributed by atoms with van der Waals surface area (Å²) in [6.07, 6.45) is 3.92. The maximum atomic E-state index is 13.1. The highest BCUT2D eigenvalue weighted by molar-refractivity contribution is 6.31. The second kappa shape index (κ2) is 8.87. The van der Waals surface area contributed by atoms with Gasteiger partial charge in [0.05, 0.1) is 5.02 Å². The van der Waals surface area contributed by atoms with Crippen molar-refractivity contribution in [3.8, 4) is 0 Å². The molecule has 0 saturated carbocycles. The zero-order valence-electron chi connectivity index (χ0n) is 13.8. The van der Waals surface area contributed by atoms with E-state index in [2.05, 4.69) is 17.6 Å². The third-order valence-corrected chi connectivity index (χ3v) is 4.37. The summed E-state index contributed by atoms with van der Waals surface area (Å²) >= 11 is 5.71. The van der Waals surface area contributed by atoms with E-state index in [0.717, 1.165) is 25.7 Å². The highest BCUT2D eigenvalue weighted by atomic mass is 35.5. The zero-order chi connectivity index (χ0) is 17.5. The van der Waals surface area contributed by atoms with Crippen molar-refractivity contribution in [3.05, 3.63) is 29.0 Å². The normalized spacial score (nSPS) is 15.2. The molecular weight excluding hydrogens is 333 g/mol. The molecule has 7 heteroatoms. The molecule has 1 aliphatic rings. The maximum absolute atomic E-state index is 13.1. The maximum Gasteiger partial charge on any atom is 0.321 e. The first kappa shape index (κ1) is 18.5. The van der Waals surface area contributed by atoms with Crippen LogP contribution in [-0.2, 0) is 4.79 Å². The second-order valence-corrected chi connectivity index (χ2v) is 6.40. The predicted molar refractivity (Wildman–Crippen MR) is 92.7 cm³/mol. The number of anilines is 1. The molecular formula is C17H23ClFN3O2. The van der Waals surface area contributed by atoms with Gasteiger partial charge in [-0.25, -0.2) is 9.18 Å². The van der Waals surface area contributed by atoms with Crippen molar-refractivity contribution >= 4 is 29.2 Å². The van der Waals surface area contributed by atoms with Crippen LogP contribution in [0.15, 0.2) is 18.2 Å². The zero-order valence-corrected chi connectivity index (χ0v) is 14.5. The molecule has 0 spiro atoms. The predicted octanol–water partition coefficient (Wildman–Crippen LogP) is 3.78. The Morgan fingerprint density at radius 2 is 2.04 bits per heavy atom. The lowest BCUT2D eigenvalue weighted by Crippen LogP contribution is -2.47. The van der Waals surface area contributed by atoms with E-state index >= 15 is 0 Å². The van der Waals surface area contributed by atoms with Gasteiger partial charge in [0, 0.05) is 31.2 Å². The van der Waals surface area contributed by atoms with Gasteiger partial charge in [0.2, 0.25) is 5.91 Å². The lowest BCUT2D eigenvalue weighted by molar-refractivity contribution is -0.122. The van der Waals surface area contributed by atoms with Crippen LogP contribution in [0.5, 0.6) is 0 Å². The Hall–Kier alpha value is -1.82. The van der Waals surface area contributed by atoms with Gasteiger partial charge in [-0.1, -0.05) is 24.9 Å². The Labute approximate surface area is 146 Å². The van der Waals surface area contributed by atoms with Gasteiger partial charge >= 0.3 is 6.03 Å². The molecule has 2 rings (SSSR count). The van der Waals surface area contributed by atoms with Crippen LogP contribution in [0.3, 0.4) is 0 Å². The van der Waals surface area contributed by atoms with Gasteiger partial charge in [0.25, 0.3) is 0 Å². The third kappa shape index (κ3) is 5.37. The number of hydrogen-bond donors (Lipinski definition) is 2. The summed E-state index contributed by atoms with van der Waals surface area (Å²) in [5.41, 5.74) is 0.460. The number of likely N-dealkylation sites (tertiary alicyclic amines) is 1. The SMILES string of the molecule is CCCCC(=O)NC1CCN(C(=O)Nc2ccc(F)c(Cl)c2)CC1. The number of benzene rings is 1. The summed E-state index contributed by atoms with van der Waals surface area (Å²) in [6.45, 7) is 3.19. The monoisotopic (exact) mass is 355 g/mol. The van der Waals surface area contributed by atoms with Crippen LogP contribution in [0.1, 0.15) is 39.0 Å². The number of unbranched alkanes of at least 4 members (excludes halogenated alkanes) is 1. The number of carbonyl (C=O) groups is 2. The van der Waals surface area contributed by atoms with Crippen LogP contribution < -0.4 is 10.6 Å². The quantitative estimate of drug-likeness (QED) is 0.844. The van der Waals surface area contributed by atoms with Crippen LogP contribution in [0.25, 0.3) is 0 Å². The molecule has 132 valence electrons. The summed E-state index contributed by atoms with van der Waals surface area (Å²) in [4.78, 5) is 25.7. The Kier molecular flexibility index (Phi) is 6.85. The highest BCUT2D eigenvalue weighted by Crippen LogP contribution is 2.20. The molecule has 1 aliphatic heterocycles. The average molecular weight is 356 g/mol. The molecule has 1 aromatic rings. The van der Waals surface area contributed by atoms with Crippen LogP contribution in [0, 0.1) is 5.82 Å². The van der Waals surface area contributed by atoms with Crippen LogP contribution in [-0.4, -0.2) is 36.0 Å². The number of halogens is 2. The summed E-state index contributed by atoms with van der Waals surface area (Å²) < 4.78 is 13.1. The standard InChI is InChI=1S/C17H23ClFN3O2/c1-2-3-4-16(23)20-12-7-9-22(10-8-12)17(24)21-13-5-6-15(19)14(18)11-13/h5-6,11-12H,2-4,7-10H2,1H3,(H,20,23)(H,21,24). The van der Waals surface area contributed by atoms with Crippen molar-refractivity contribution < 1.29 is 14.0 Å². The molecule has 0 atom stereocenters. The van der Waals surface area contributed by atoms with Crippen molar-refractivity contribution in [2.75, 3.05) is 18.4 Å². The van der Waals surface area contributed by atoms with Gasteiger partial charge in [-0.05, 0) is 37.5 Å². The fraction of sp³-hybridized carbons (Fsp3) is 0.529. The van der Waals surface area contributed by atoms with E-state index in [1.807, 2.05) is 0 Å². The van der Waals surface area contributed by atoms with Crippen molar-refractivity contribution in [3.63, 3.8) is 0 Å². The van der Waals surface area contributed by atoms with E-state index in [1.54, 1.807) is 4.90 Å². The van der Waals surface area contributed by atoms with E-state index in [9.17, 15) is 14.0 Å². The topological polar surface area (TPSA) is 61.4 Å². The van der Waals surface area contributed by atoms with Gasteiger partial charge < -0.3 is 15.5 Å². The Bertz CT molecular complexity index is 589. The molecule has 2 N–H and O–H groups in total. The number of nitrogens with zero attached hydrogens (tertiary/aromatic N) is 1. The number of rotatable bonds is 5. The molecule has 3 amide bonds. The van der Waals surface area contributed by atoms with E-state index in [-0.39, 0.29) is 23.0 Å². The fourth-order valence-electron chi connectivity index (χ4n) is 2.64. The van der Waals surface area contributed by atoms with Crippen LogP contribution in [0.4, 0.5) is 14.9 Å². The molecule has 0 bridgehead atoms. The first-order valence-corrected chi connectivity index (χ1v) is 8.67. The first-order chi connectivity index (χ1) is 11.5. The molecule has 24 heavy (non-hydrogen) atoms. The second-order valence-electron chi connectivity index (χ2n) is 5.99. The minimum Gasteiger partial charge on any atom is -0.353 e. The summed E-state index contributed by atoms with van der Waals surface area (Å²) in [7, 11) is 0. The number of hydrogen-bond acceptors (Lipinski definition) is 2. The minimum absolute atomic E-state index is 0.0266. The van der Waals surface area contributed by atoms with E-state index in [1.165, 1.54) is 18.2 Å². The number of urea groups is 1. The molecule has 1 heterocycles. The van der Waals surface area contributed by atoms with Crippen molar-refractivity contribution in [2.45, 2.75) is 45.1 Å². The van der Waals surface area contributed by atoms with Crippen molar-refractivity contribution in [1.29, 1.82) is 0 Å². The number of piperidine rings is 1. The van der Waals surface area contributed by atoms with Gasteiger partial charge in [0.15, 0.2) is 0 Å². The Morgan fingerprint density at radius 1 is 1.33 bits per heavy atom. The minimum atomic E-state index is -0.519. The lowest BCUT2D eigenvalue weighted by atomic mass is 10.0. The molecule has 0 radical (unpaired) electrons. The van der Waals surface area contributed by atoms with Gasteiger partial charge in [-0.2, -0.15) is 0 Å². The Balaban J connectivity index is 1.78. The number of carbonyl (C=O) groups excluding carboxylic acids is 2. The molecule has 0 aromatic heterocycles. The van der Waals surface area contributed by atoms with E-state index in [4.69, 9.17) is 11.6 Å². The van der Waals surface area contributed by atoms with Crippen molar-refractivity contribution in [1.82, 2.24) is 10.2 Å². The van der Waals surface area contributed by atoms with Gasteiger partial charge in [-0.3, -0.25) is 4.79 Å². The van der Waals surface area contributed by atoms with Crippen molar-refractivity contribution in [2.24, 2.45) is 0 Å². The highest BCUT2D eigenvalue weighted by Gasteiger charge is 2.23. The fourth-order valence-corrected chi connectivity index (χ4v) is 2.82. The smallest absolute Gasteiger partial charge is 0.321 e. The molecule has 1 fully saturated rings. The molecule has 0 unspecified atom stereocenters. The summed E-state index contributed by atoms with van der Waals surface area (Å²) in [6, 6.07) is 3.96. The summed E-state index contributed by atoms with van der Waals surface area (Å²) in [5, 5.41) is 5.71. The number of nitrogens with one attached hydrogen (secondary N) is 2. The lowest BCUT2D eigenvalue weighted by Gasteiger charge is -2.32. The number of amides is 3. The van der Waals surface area contributed by atoms with Gasteiger partial charge in [-0.15, -0.1) is 0 Å².